The molecule has 10 nitrogen and oxygen atoms in total. The maximum absolute atomic E-state index is 10.4. The second-order valence-electron chi connectivity index (χ2n) is 7.56. The van der Waals surface area contributed by atoms with Crippen molar-refractivity contribution in [2.24, 2.45) is 0 Å². The Labute approximate surface area is 171 Å². The van der Waals surface area contributed by atoms with Crippen LogP contribution < -0.4 is 0 Å². The Morgan fingerprint density at radius 3 is 1.86 bits per heavy atom. The zero-order valence-corrected chi connectivity index (χ0v) is 17.3. The molecule has 0 unspecified atom stereocenters. The van der Waals surface area contributed by atoms with E-state index in [-0.39, 0.29) is 0 Å². The number of carbonyl (C=O) groups is 1. The number of aromatic nitrogens is 8. The lowest BCUT2D eigenvalue weighted by atomic mass is 10.0. The minimum atomic E-state index is -0.674. The van der Waals surface area contributed by atoms with E-state index in [2.05, 4.69) is 36.1 Å². The second-order valence-corrected chi connectivity index (χ2v) is 7.56. The topological polar surface area (TPSA) is 135 Å². The zero-order chi connectivity index (χ0) is 20.6. The average Bonchev–Trinajstić information content (AvgIpc) is 3.38. The van der Waals surface area contributed by atoms with Crippen LogP contribution in [0.15, 0.2) is 0 Å². The van der Waals surface area contributed by atoms with Crippen LogP contribution in [0.5, 0.6) is 0 Å². The first kappa shape index (κ1) is 22.9. The standard InChI is InChI=1S/C19H34N8O2/c28-18(29)16-14-12-10-8-6-4-2-1-3-5-7-9-11-13-15-17-20-25-26-27(17)19-21-23-24-22-19/h1-16H2,(H,28,29)(H,21,22,23,24). The molecule has 0 fully saturated rings. The van der Waals surface area contributed by atoms with Gasteiger partial charge in [-0.2, -0.15) is 9.90 Å². The van der Waals surface area contributed by atoms with E-state index >= 15 is 0 Å². The SMILES string of the molecule is O=C(O)CCCCCCCCCCCCCCCCc1nnnn1-c1nn[nH]n1. The number of carboxylic acid groups (broad SMARTS) is 1. The number of tetrazole rings is 2. The second kappa shape index (κ2) is 14.6. The van der Waals surface area contributed by atoms with Crippen molar-refractivity contribution in [1.82, 2.24) is 40.8 Å². The number of aliphatic carboxylic acids is 1. The van der Waals surface area contributed by atoms with Crippen molar-refractivity contribution in [3.63, 3.8) is 0 Å². The van der Waals surface area contributed by atoms with Gasteiger partial charge in [-0.15, -0.1) is 10.2 Å². The Morgan fingerprint density at radius 1 is 0.793 bits per heavy atom. The van der Waals surface area contributed by atoms with Crippen molar-refractivity contribution in [1.29, 1.82) is 0 Å². The van der Waals surface area contributed by atoms with Gasteiger partial charge < -0.3 is 5.11 Å². The van der Waals surface area contributed by atoms with Gasteiger partial charge in [0.1, 0.15) is 0 Å². The van der Waals surface area contributed by atoms with E-state index in [4.69, 9.17) is 5.11 Å². The molecule has 2 heterocycles. The van der Waals surface area contributed by atoms with Crippen molar-refractivity contribution in [3.8, 4) is 5.95 Å². The minimum Gasteiger partial charge on any atom is -0.481 e. The molecule has 0 amide bonds. The highest BCUT2D eigenvalue weighted by Crippen LogP contribution is 2.14. The maximum Gasteiger partial charge on any atom is 0.303 e. The van der Waals surface area contributed by atoms with Crippen molar-refractivity contribution in [3.05, 3.63) is 5.82 Å². The fourth-order valence-corrected chi connectivity index (χ4v) is 3.44. The summed E-state index contributed by atoms with van der Waals surface area (Å²) in [4.78, 5) is 10.4. The van der Waals surface area contributed by atoms with E-state index in [1.165, 1.54) is 75.3 Å². The first-order valence-electron chi connectivity index (χ1n) is 11.0. The molecule has 0 saturated carbocycles. The summed E-state index contributed by atoms with van der Waals surface area (Å²) in [5.41, 5.74) is 0. The number of aryl methyl sites for hydroxylation is 1. The molecule has 0 radical (unpaired) electrons. The van der Waals surface area contributed by atoms with Crippen LogP contribution in [0, 0.1) is 0 Å². The van der Waals surface area contributed by atoms with Crippen molar-refractivity contribution >= 4 is 5.97 Å². The summed E-state index contributed by atoms with van der Waals surface area (Å²) in [6.45, 7) is 0. The number of hydrogen-bond acceptors (Lipinski definition) is 7. The summed E-state index contributed by atoms with van der Waals surface area (Å²) in [7, 11) is 0. The van der Waals surface area contributed by atoms with Crippen molar-refractivity contribution in [2.75, 3.05) is 0 Å². The van der Waals surface area contributed by atoms with Crippen molar-refractivity contribution < 1.29 is 9.90 Å². The highest BCUT2D eigenvalue weighted by Gasteiger charge is 2.11. The number of nitrogens with zero attached hydrogens (tertiary/aromatic N) is 7. The predicted octanol–water partition coefficient (Wildman–Crippen LogP) is 3.65. The molecule has 0 atom stereocenters. The molecular formula is C19H34N8O2. The Balaban J connectivity index is 1.34. The van der Waals surface area contributed by atoms with E-state index < -0.39 is 5.97 Å². The first-order chi connectivity index (χ1) is 14.3. The zero-order valence-electron chi connectivity index (χ0n) is 17.3. The number of H-pyrrole nitrogens is 1. The quantitative estimate of drug-likeness (QED) is 0.358. The van der Waals surface area contributed by atoms with Crippen LogP contribution in [-0.4, -0.2) is 51.9 Å². The molecule has 0 aliphatic rings. The number of unbranched alkanes of at least 4 members (excludes halogenated alkanes) is 13. The number of nitrogens with one attached hydrogen (secondary N) is 1. The lowest BCUT2D eigenvalue weighted by Crippen LogP contribution is -2.05. The van der Waals surface area contributed by atoms with E-state index in [1.807, 2.05) is 0 Å². The van der Waals surface area contributed by atoms with Crippen LogP contribution in [0.1, 0.15) is 102 Å². The third kappa shape index (κ3) is 10.1. The van der Waals surface area contributed by atoms with Gasteiger partial charge in [-0.3, -0.25) is 4.79 Å². The largest absolute Gasteiger partial charge is 0.481 e. The molecule has 0 aliphatic heterocycles. The van der Waals surface area contributed by atoms with Gasteiger partial charge in [-0.1, -0.05) is 82.1 Å². The maximum atomic E-state index is 10.4. The van der Waals surface area contributed by atoms with E-state index in [1.54, 1.807) is 0 Å². The monoisotopic (exact) mass is 406 g/mol. The molecule has 0 spiro atoms. The van der Waals surface area contributed by atoms with Crippen LogP contribution in [0.4, 0.5) is 0 Å². The molecule has 0 aliphatic carbocycles. The molecular weight excluding hydrogens is 372 g/mol. The van der Waals surface area contributed by atoms with Crippen LogP contribution >= 0.6 is 0 Å². The highest BCUT2D eigenvalue weighted by atomic mass is 16.4. The van der Waals surface area contributed by atoms with Gasteiger partial charge in [0.25, 0.3) is 5.95 Å². The summed E-state index contributed by atoms with van der Waals surface area (Å²) >= 11 is 0. The lowest BCUT2D eigenvalue weighted by molar-refractivity contribution is -0.137. The van der Waals surface area contributed by atoms with Gasteiger partial charge in [-0.25, -0.2) is 0 Å². The molecule has 2 aromatic heterocycles. The van der Waals surface area contributed by atoms with Gasteiger partial charge in [0.15, 0.2) is 5.82 Å². The predicted molar refractivity (Wildman–Crippen MR) is 107 cm³/mol. The van der Waals surface area contributed by atoms with Gasteiger partial charge in [-0.05, 0) is 28.5 Å². The van der Waals surface area contributed by atoms with Crippen LogP contribution in [0.25, 0.3) is 5.95 Å². The summed E-state index contributed by atoms with van der Waals surface area (Å²) in [6, 6.07) is 0. The van der Waals surface area contributed by atoms with Crippen LogP contribution in [-0.2, 0) is 11.2 Å². The fourth-order valence-electron chi connectivity index (χ4n) is 3.44. The number of hydrogen-bond donors (Lipinski definition) is 2. The molecule has 0 bridgehead atoms. The summed E-state index contributed by atoms with van der Waals surface area (Å²) in [6.07, 6.45) is 18.1. The molecule has 2 aromatic rings. The Hall–Kier alpha value is -2.39. The van der Waals surface area contributed by atoms with Crippen molar-refractivity contribution in [2.45, 2.75) is 103 Å². The highest BCUT2D eigenvalue weighted by molar-refractivity contribution is 5.66. The summed E-state index contributed by atoms with van der Waals surface area (Å²) in [5.74, 6) is 0.476. The molecule has 0 aromatic carbocycles. The molecule has 2 rings (SSSR count). The summed E-state index contributed by atoms with van der Waals surface area (Å²) < 4.78 is 1.53. The first-order valence-corrected chi connectivity index (χ1v) is 11.0. The van der Waals surface area contributed by atoms with Gasteiger partial charge >= 0.3 is 5.97 Å². The number of carboxylic acids is 1. The van der Waals surface area contributed by atoms with E-state index in [9.17, 15) is 4.79 Å². The van der Waals surface area contributed by atoms with E-state index in [0.29, 0.717) is 12.4 Å². The summed E-state index contributed by atoms with van der Waals surface area (Å²) in [5, 5.41) is 34.0. The normalized spacial score (nSPS) is 11.2. The molecule has 10 heteroatoms. The molecule has 0 saturated heterocycles. The Bertz CT molecular complexity index is 659. The van der Waals surface area contributed by atoms with E-state index in [0.717, 1.165) is 31.5 Å². The van der Waals surface area contributed by atoms with Gasteiger partial charge in [0.05, 0.1) is 0 Å². The third-order valence-electron chi connectivity index (χ3n) is 5.10. The Kier molecular flexibility index (Phi) is 11.5. The Morgan fingerprint density at radius 2 is 1.34 bits per heavy atom. The lowest BCUT2D eigenvalue weighted by Gasteiger charge is -2.03. The number of rotatable bonds is 18. The third-order valence-corrected chi connectivity index (χ3v) is 5.10. The fraction of sp³-hybridized carbons (Fsp3) is 0.842. The molecule has 29 heavy (non-hydrogen) atoms. The van der Waals surface area contributed by atoms with Crippen LogP contribution in [0.3, 0.4) is 0 Å². The molecule has 162 valence electrons. The average molecular weight is 407 g/mol. The van der Waals surface area contributed by atoms with Gasteiger partial charge in [0, 0.05) is 12.8 Å². The minimum absolute atomic E-state index is 0.319. The molecule has 2 N–H and O–H groups in total. The smallest absolute Gasteiger partial charge is 0.303 e. The van der Waals surface area contributed by atoms with Crippen LogP contribution in [0.2, 0.25) is 0 Å². The number of aromatic amines is 1. The van der Waals surface area contributed by atoms with Gasteiger partial charge in [0.2, 0.25) is 0 Å².